The Kier molecular flexibility index (Phi) is 3.83. The van der Waals surface area contributed by atoms with Crippen LogP contribution in [0.15, 0.2) is 33.7 Å². The fourth-order valence-corrected chi connectivity index (χ4v) is 3.62. The summed E-state index contributed by atoms with van der Waals surface area (Å²) in [6.07, 6.45) is 2.60. The molecule has 19 heavy (non-hydrogen) atoms. The van der Waals surface area contributed by atoms with Gasteiger partial charge in [-0.3, -0.25) is 4.79 Å². The van der Waals surface area contributed by atoms with Crippen LogP contribution < -0.4 is 5.43 Å². The third kappa shape index (κ3) is 2.75. The van der Waals surface area contributed by atoms with E-state index in [0.717, 1.165) is 14.9 Å². The molecule has 0 saturated heterocycles. The molecule has 2 aromatic rings. The molecule has 2 aromatic heterocycles. The topological polar surface area (TPSA) is 83.1 Å². The van der Waals surface area contributed by atoms with Gasteiger partial charge >= 0.3 is 0 Å². The Morgan fingerprint density at radius 3 is 2.79 bits per heavy atom. The molecule has 0 saturated carbocycles. The summed E-state index contributed by atoms with van der Waals surface area (Å²) in [6, 6.07) is 1.19. The summed E-state index contributed by atoms with van der Waals surface area (Å²) < 4.78 is 25.7. The van der Waals surface area contributed by atoms with E-state index < -0.39 is 15.5 Å². The van der Waals surface area contributed by atoms with Crippen LogP contribution in [0.4, 0.5) is 0 Å². The highest BCUT2D eigenvalue weighted by atomic mass is 32.2. The molecule has 0 fully saturated rings. The van der Waals surface area contributed by atoms with Gasteiger partial charge in [-0.05, 0) is 6.92 Å². The van der Waals surface area contributed by atoms with E-state index in [0.29, 0.717) is 0 Å². The Morgan fingerprint density at radius 2 is 2.21 bits per heavy atom. The van der Waals surface area contributed by atoms with Gasteiger partial charge in [0.05, 0.1) is 11.2 Å². The fourth-order valence-electron chi connectivity index (χ4n) is 1.54. The van der Waals surface area contributed by atoms with Crippen molar-refractivity contribution in [3.8, 4) is 0 Å². The van der Waals surface area contributed by atoms with Gasteiger partial charge in [0.2, 0.25) is 15.5 Å². The van der Waals surface area contributed by atoms with E-state index in [9.17, 15) is 13.2 Å². The van der Waals surface area contributed by atoms with Crippen LogP contribution in [0.25, 0.3) is 0 Å². The number of aromatic nitrogens is 2. The molecule has 0 atom stereocenters. The molecule has 6 nitrogen and oxygen atoms in total. The molecule has 0 aliphatic heterocycles. The van der Waals surface area contributed by atoms with Gasteiger partial charge in [-0.2, -0.15) is 4.31 Å². The Balaban J connectivity index is 2.33. The molecule has 0 amide bonds. The lowest BCUT2D eigenvalue weighted by atomic mass is 10.4. The molecule has 102 valence electrons. The monoisotopic (exact) mass is 299 g/mol. The predicted octanol–water partition coefficient (Wildman–Crippen LogP) is 0.961. The summed E-state index contributed by atoms with van der Waals surface area (Å²) in [6.45, 7) is 2.02. The molecule has 8 heteroatoms. The standard InChI is InChI=1S/C11H13N3O3S2/c1-8-10(18-7-13-8)6-14(2)19(16,17)11-5-12-4-3-9(11)15/h3-5,7H,6H2,1-2H3,(H,12,15). The first-order chi connectivity index (χ1) is 8.93. The van der Waals surface area contributed by atoms with Gasteiger partial charge in [-0.15, -0.1) is 11.3 Å². The Morgan fingerprint density at radius 1 is 1.47 bits per heavy atom. The van der Waals surface area contributed by atoms with Crippen LogP contribution in [-0.4, -0.2) is 29.7 Å². The number of H-pyrrole nitrogens is 1. The van der Waals surface area contributed by atoms with Crippen molar-refractivity contribution in [2.45, 2.75) is 18.4 Å². The maximum Gasteiger partial charge on any atom is 0.248 e. The number of thiazole rings is 1. The lowest BCUT2D eigenvalue weighted by Crippen LogP contribution is -2.30. The first-order valence-electron chi connectivity index (χ1n) is 5.45. The van der Waals surface area contributed by atoms with Crippen LogP contribution in [0.1, 0.15) is 10.6 Å². The largest absolute Gasteiger partial charge is 0.366 e. The second kappa shape index (κ2) is 5.24. The SMILES string of the molecule is Cc1ncsc1CN(C)S(=O)(=O)c1c[nH]ccc1=O. The average molecular weight is 299 g/mol. The van der Waals surface area contributed by atoms with Crippen LogP contribution in [0.3, 0.4) is 0 Å². The molecular formula is C11H13N3O3S2. The minimum atomic E-state index is -3.79. The molecule has 2 heterocycles. The first kappa shape index (κ1) is 13.9. The van der Waals surface area contributed by atoms with Gasteiger partial charge in [-0.25, -0.2) is 13.4 Å². The second-order valence-electron chi connectivity index (χ2n) is 3.99. The summed E-state index contributed by atoms with van der Waals surface area (Å²) in [5.74, 6) is 0. The highest BCUT2D eigenvalue weighted by molar-refractivity contribution is 7.89. The van der Waals surface area contributed by atoms with Gasteiger partial charge in [-0.1, -0.05) is 0 Å². The van der Waals surface area contributed by atoms with E-state index in [2.05, 4.69) is 9.97 Å². The van der Waals surface area contributed by atoms with Crippen LogP contribution in [0, 0.1) is 6.92 Å². The second-order valence-corrected chi connectivity index (χ2v) is 6.95. The van der Waals surface area contributed by atoms with Crippen molar-refractivity contribution in [1.29, 1.82) is 0 Å². The third-order valence-electron chi connectivity index (χ3n) is 2.69. The Bertz CT molecular complexity index is 733. The summed E-state index contributed by atoms with van der Waals surface area (Å²) in [5, 5.41) is 0. The normalized spacial score (nSPS) is 11.9. The van der Waals surface area contributed by atoms with Gasteiger partial charge in [0, 0.05) is 36.9 Å². The van der Waals surface area contributed by atoms with E-state index in [1.165, 1.54) is 36.8 Å². The van der Waals surface area contributed by atoms with Crippen molar-refractivity contribution in [3.05, 3.63) is 44.8 Å². The van der Waals surface area contributed by atoms with E-state index in [-0.39, 0.29) is 11.4 Å². The van der Waals surface area contributed by atoms with E-state index in [4.69, 9.17) is 0 Å². The van der Waals surface area contributed by atoms with E-state index >= 15 is 0 Å². The van der Waals surface area contributed by atoms with Crippen molar-refractivity contribution in [2.24, 2.45) is 0 Å². The fraction of sp³-hybridized carbons (Fsp3) is 0.273. The number of pyridine rings is 1. The number of nitrogens with one attached hydrogen (secondary N) is 1. The maximum absolute atomic E-state index is 12.3. The molecule has 1 N–H and O–H groups in total. The van der Waals surface area contributed by atoms with Crippen molar-refractivity contribution in [2.75, 3.05) is 7.05 Å². The van der Waals surface area contributed by atoms with Crippen LogP contribution in [-0.2, 0) is 16.6 Å². The minimum Gasteiger partial charge on any atom is -0.366 e. The van der Waals surface area contributed by atoms with Gasteiger partial charge in [0.25, 0.3) is 0 Å². The van der Waals surface area contributed by atoms with Crippen molar-refractivity contribution in [3.63, 3.8) is 0 Å². The molecule has 0 aromatic carbocycles. The molecule has 0 aliphatic rings. The third-order valence-corrected chi connectivity index (χ3v) is 5.43. The summed E-state index contributed by atoms with van der Waals surface area (Å²) in [4.78, 5) is 18.9. The Hall–Kier alpha value is -1.51. The zero-order chi connectivity index (χ0) is 14.0. The number of aromatic amines is 1. The van der Waals surface area contributed by atoms with Gasteiger partial charge < -0.3 is 4.98 Å². The van der Waals surface area contributed by atoms with Crippen LogP contribution in [0.5, 0.6) is 0 Å². The zero-order valence-electron chi connectivity index (χ0n) is 10.5. The molecule has 0 aliphatic carbocycles. The van der Waals surface area contributed by atoms with Gasteiger partial charge in [0.15, 0.2) is 0 Å². The van der Waals surface area contributed by atoms with Gasteiger partial charge in [0.1, 0.15) is 4.90 Å². The number of hydrogen-bond acceptors (Lipinski definition) is 5. The number of aryl methyl sites for hydroxylation is 1. The maximum atomic E-state index is 12.3. The lowest BCUT2D eigenvalue weighted by molar-refractivity contribution is 0.468. The van der Waals surface area contributed by atoms with Crippen LogP contribution >= 0.6 is 11.3 Å². The molecule has 2 rings (SSSR count). The molecule has 0 unspecified atom stereocenters. The quantitative estimate of drug-likeness (QED) is 0.911. The van der Waals surface area contributed by atoms with Crippen molar-refractivity contribution < 1.29 is 8.42 Å². The number of sulfonamides is 1. The molecule has 0 spiro atoms. The highest BCUT2D eigenvalue weighted by Gasteiger charge is 2.24. The smallest absolute Gasteiger partial charge is 0.248 e. The molecule has 0 radical (unpaired) electrons. The lowest BCUT2D eigenvalue weighted by Gasteiger charge is -2.15. The Labute approximate surface area is 114 Å². The van der Waals surface area contributed by atoms with Crippen molar-refractivity contribution in [1.82, 2.24) is 14.3 Å². The first-order valence-corrected chi connectivity index (χ1v) is 7.77. The predicted molar refractivity (Wildman–Crippen MR) is 72.6 cm³/mol. The summed E-state index contributed by atoms with van der Waals surface area (Å²) in [5.41, 5.74) is 1.95. The minimum absolute atomic E-state index is 0.202. The van der Waals surface area contributed by atoms with Crippen LogP contribution in [0.2, 0.25) is 0 Å². The number of hydrogen-bond donors (Lipinski definition) is 1. The number of nitrogens with zero attached hydrogens (tertiary/aromatic N) is 2. The summed E-state index contributed by atoms with van der Waals surface area (Å²) in [7, 11) is -2.35. The molecule has 0 bridgehead atoms. The van der Waals surface area contributed by atoms with E-state index in [1.807, 2.05) is 6.92 Å². The van der Waals surface area contributed by atoms with Crippen molar-refractivity contribution >= 4 is 21.4 Å². The zero-order valence-corrected chi connectivity index (χ0v) is 12.1. The summed E-state index contributed by atoms with van der Waals surface area (Å²) >= 11 is 1.39. The number of rotatable bonds is 4. The molecular weight excluding hydrogens is 286 g/mol. The highest BCUT2D eigenvalue weighted by Crippen LogP contribution is 2.18. The van der Waals surface area contributed by atoms with E-state index in [1.54, 1.807) is 5.51 Å². The average Bonchev–Trinajstić information content (AvgIpc) is 2.75.